The van der Waals surface area contributed by atoms with E-state index in [9.17, 15) is 4.79 Å². The Bertz CT molecular complexity index is 418. The highest BCUT2D eigenvalue weighted by molar-refractivity contribution is 9.10. The predicted molar refractivity (Wildman–Crippen MR) is 70.1 cm³/mol. The first-order valence-electron chi connectivity index (χ1n) is 5.10. The van der Waals surface area contributed by atoms with Crippen molar-refractivity contribution in [2.75, 3.05) is 19.0 Å². The van der Waals surface area contributed by atoms with Crippen LogP contribution >= 0.6 is 15.9 Å². The summed E-state index contributed by atoms with van der Waals surface area (Å²) < 4.78 is 10.8. The number of methoxy groups -OCH3 is 1. The van der Waals surface area contributed by atoms with Gasteiger partial charge >= 0.3 is 0 Å². The zero-order valence-electron chi connectivity index (χ0n) is 9.70. The second-order valence-corrected chi connectivity index (χ2v) is 3.95. The summed E-state index contributed by atoms with van der Waals surface area (Å²) in [6, 6.07) is 5.30. The molecule has 0 bridgehead atoms. The Morgan fingerprint density at radius 1 is 1.53 bits per heavy atom. The summed E-state index contributed by atoms with van der Waals surface area (Å²) >= 11 is 3.34. The fourth-order valence-corrected chi connectivity index (χ4v) is 1.67. The van der Waals surface area contributed by atoms with Crippen LogP contribution in [0.25, 0.3) is 0 Å². The molecule has 0 spiro atoms. The van der Waals surface area contributed by atoms with Gasteiger partial charge in [0.25, 0.3) is 5.91 Å². The van der Waals surface area contributed by atoms with E-state index in [1.807, 2.05) is 6.92 Å². The lowest BCUT2D eigenvalue weighted by Gasteiger charge is -2.06. The summed E-state index contributed by atoms with van der Waals surface area (Å²) in [5.74, 6) is 0.475. The average Bonchev–Trinajstić information content (AvgIpc) is 2.29. The molecule has 0 saturated carbocycles. The van der Waals surface area contributed by atoms with Crippen molar-refractivity contribution >= 4 is 27.5 Å². The van der Waals surface area contributed by atoms with Gasteiger partial charge in [0.15, 0.2) is 0 Å². The number of benzene rings is 1. The maximum atomic E-state index is 11.4. The number of rotatable bonds is 5. The number of carbonyl (C=O) groups is 1. The Balaban J connectivity index is 2.63. The highest BCUT2D eigenvalue weighted by Gasteiger charge is 2.03. The monoisotopic (exact) mass is 299 g/mol. The van der Waals surface area contributed by atoms with E-state index in [1.54, 1.807) is 25.3 Å². The summed E-state index contributed by atoms with van der Waals surface area (Å²) in [4.78, 5) is 11.4. The van der Waals surface area contributed by atoms with Crippen molar-refractivity contribution in [3.05, 3.63) is 35.0 Å². The van der Waals surface area contributed by atoms with Gasteiger partial charge in [-0.2, -0.15) is 0 Å². The Morgan fingerprint density at radius 3 is 2.88 bits per heavy atom. The smallest absolute Gasteiger partial charge is 0.251 e. The number of hydrogen-bond acceptors (Lipinski definition) is 3. The van der Waals surface area contributed by atoms with Crippen LogP contribution in [0.5, 0.6) is 5.75 Å². The maximum absolute atomic E-state index is 11.4. The third-order valence-electron chi connectivity index (χ3n) is 1.90. The van der Waals surface area contributed by atoms with Crippen LogP contribution in [-0.4, -0.2) is 19.6 Å². The van der Waals surface area contributed by atoms with Crippen molar-refractivity contribution < 1.29 is 14.3 Å². The van der Waals surface area contributed by atoms with E-state index < -0.39 is 0 Å². The predicted octanol–water partition coefficient (Wildman–Crippen LogP) is 2.95. The fraction of sp³-hybridized carbons (Fsp3) is 0.250. The molecule has 17 heavy (non-hydrogen) atoms. The first kappa shape index (κ1) is 13.6. The van der Waals surface area contributed by atoms with Gasteiger partial charge in [-0.25, -0.2) is 0 Å². The lowest BCUT2D eigenvalue weighted by atomic mass is 10.3. The molecule has 0 aliphatic carbocycles. The SMILES string of the molecule is CCO/C=C/C(=O)Nc1ccc(OC)c(Br)c1. The van der Waals surface area contributed by atoms with Gasteiger partial charge in [-0.15, -0.1) is 0 Å². The molecular formula is C12H14BrNO3. The van der Waals surface area contributed by atoms with Crippen LogP contribution in [0.4, 0.5) is 5.69 Å². The summed E-state index contributed by atoms with van der Waals surface area (Å²) in [6.45, 7) is 2.39. The lowest BCUT2D eigenvalue weighted by molar-refractivity contribution is -0.112. The Hall–Kier alpha value is -1.49. The fourth-order valence-electron chi connectivity index (χ4n) is 1.13. The largest absolute Gasteiger partial charge is 0.501 e. The summed E-state index contributed by atoms with van der Waals surface area (Å²) in [6.07, 6.45) is 2.70. The normalized spacial score (nSPS) is 10.3. The van der Waals surface area contributed by atoms with Crippen LogP contribution in [0.3, 0.4) is 0 Å². The van der Waals surface area contributed by atoms with E-state index in [1.165, 1.54) is 12.3 Å². The molecule has 1 amide bonds. The van der Waals surface area contributed by atoms with Gasteiger partial charge < -0.3 is 14.8 Å². The van der Waals surface area contributed by atoms with Crippen LogP contribution < -0.4 is 10.1 Å². The van der Waals surface area contributed by atoms with Gasteiger partial charge in [0, 0.05) is 11.8 Å². The minimum atomic E-state index is -0.240. The van der Waals surface area contributed by atoms with Gasteiger partial charge in [0.2, 0.25) is 0 Å². The molecule has 0 heterocycles. The van der Waals surface area contributed by atoms with Gasteiger partial charge in [-0.05, 0) is 41.1 Å². The number of anilines is 1. The van der Waals surface area contributed by atoms with Crippen LogP contribution in [0.1, 0.15) is 6.92 Å². The van der Waals surface area contributed by atoms with E-state index in [2.05, 4.69) is 21.2 Å². The average molecular weight is 300 g/mol. The van der Waals surface area contributed by atoms with E-state index in [4.69, 9.17) is 9.47 Å². The van der Waals surface area contributed by atoms with Crippen molar-refractivity contribution in [3.63, 3.8) is 0 Å². The zero-order chi connectivity index (χ0) is 12.7. The number of hydrogen-bond donors (Lipinski definition) is 1. The molecule has 0 aliphatic rings. The Labute approximate surface area is 109 Å². The second kappa shape index (κ2) is 6.96. The molecular weight excluding hydrogens is 286 g/mol. The molecule has 0 fully saturated rings. The lowest BCUT2D eigenvalue weighted by Crippen LogP contribution is -2.08. The molecule has 1 aromatic carbocycles. The van der Waals surface area contributed by atoms with Crippen LogP contribution in [0.2, 0.25) is 0 Å². The van der Waals surface area contributed by atoms with Crippen LogP contribution in [0.15, 0.2) is 35.0 Å². The van der Waals surface area contributed by atoms with Gasteiger partial charge in [0.05, 0.1) is 24.5 Å². The molecule has 0 unspecified atom stereocenters. The van der Waals surface area contributed by atoms with E-state index >= 15 is 0 Å². The quantitative estimate of drug-likeness (QED) is 0.672. The standard InChI is InChI=1S/C12H14BrNO3/c1-3-17-7-6-12(15)14-9-4-5-11(16-2)10(13)8-9/h4-8H,3H2,1-2H3,(H,14,15)/b7-6+. The minimum Gasteiger partial charge on any atom is -0.501 e. The molecule has 92 valence electrons. The maximum Gasteiger partial charge on any atom is 0.251 e. The van der Waals surface area contributed by atoms with Gasteiger partial charge in [0.1, 0.15) is 5.75 Å². The van der Waals surface area contributed by atoms with Gasteiger partial charge in [-0.1, -0.05) is 0 Å². The van der Waals surface area contributed by atoms with Crippen LogP contribution in [0, 0.1) is 0 Å². The zero-order valence-corrected chi connectivity index (χ0v) is 11.3. The molecule has 0 aliphatic heterocycles. The third-order valence-corrected chi connectivity index (χ3v) is 2.52. The molecule has 5 heteroatoms. The van der Waals surface area contributed by atoms with Crippen molar-refractivity contribution in [2.45, 2.75) is 6.92 Å². The highest BCUT2D eigenvalue weighted by atomic mass is 79.9. The number of halogens is 1. The first-order valence-corrected chi connectivity index (χ1v) is 5.89. The summed E-state index contributed by atoms with van der Waals surface area (Å²) in [5.41, 5.74) is 0.684. The topological polar surface area (TPSA) is 47.6 Å². The van der Waals surface area contributed by atoms with Crippen molar-refractivity contribution in [3.8, 4) is 5.75 Å². The molecule has 0 atom stereocenters. The first-order chi connectivity index (χ1) is 8.17. The Morgan fingerprint density at radius 2 is 2.29 bits per heavy atom. The molecule has 4 nitrogen and oxygen atoms in total. The van der Waals surface area contributed by atoms with Crippen molar-refractivity contribution in [1.82, 2.24) is 0 Å². The van der Waals surface area contributed by atoms with Crippen molar-refractivity contribution in [1.29, 1.82) is 0 Å². The molecule has 0 radical (unpaired) electrons. The number of ether oxygens (including phenoxy) is 2. The second-order valence-electron chi connectivity index (χ2n) is 3.10. The summed E-state index contributed by atoms with van der Waals surface area (Å²) in [7, 11) is 1.59. The highest BCUT2D eigenvalue weighted by Crippen LogP contribution is 2.27. The third kappa shape index (κ3) is 4.48. The molecule has 1 N–H and O–H groups in total. The molecule has 0 aromatic heterocycles. The molecule has 1 aromatic rings. The van der Waals surface area contributed by atoms with Gasteiger partial charge in [-0.3, -0.25) is 4.79 Å². The Kier molecular flexibility index (Phi) is 5.56. The van der Waals surface area contributed by atoms with Crippen LogP contribution in [-0.2, 0) is 9.53 Å². The summed E-state index contributed by atoms with van der Waals surface area (Å²) in [5, 5.41) is 2.70. The van der Waals surface area contributed by atoms with Crippen molar-refractivity contribution in [2.24, 2.45) is 0 Å². The molecule has 1 rings (SSSR count). The number of nitrogens with one attached hydrogen (secondary N) is 1. The molecule has 0 saturated heterocycles. The van der Waals surface area contributed by atoms with E-state index in [-0.39, 0.29) is 5.91 Å². The minimum absolute atomic E-state index is 0.240. The number of amides is 1. The van der Waals surface area contributed by atoms with E-state index in [0.29, 0.717) is 18.0 Å². The number of carbonyl (C=O) groups excluding carboxylic acids is 1. The van der Waals surface area contributed by atoms with E-state index in [0.717, 1.165) is 4.47 Å².